The molecule has 2 fully saturated rings. The van der Waals surface area contributed by atoms with E-state index >= 15 is 0 Å². The van der Waals surface area contributed by atoms with E-state index < -0.39 is 0 Å². The molecule has 0 saturated heterocycles. The van der Waals surface area contributed by atoms with Crippen LogP contribution in [-0.4, -0.2) is 18.4 Å². The molecule has 1 heterocycles. The first-order chi connectivity index (χ1) is 10.9. The van der Waals surface area contributed by atoms with Gasteiger partial charge < -0.3 is 9.47 Å². The minimum Gasteiger partial charge on any atom is -0.454 e. The van der Waals surface area contributed by atoms with Gasteiger partial charge in [-0.1, -0.05) is 20.8 Å². The van der Waals surface area contributed by atoms with Crippen molar-refractivity contribution in [3.05, 3.63) is 23.8 Å². The molecule has 0 spiro atoms. The Morgan fingerprint density at radius 2 is 2.04 bits per heavy atom. The van der Waals surface area contributed by atoms with Gasteiger partial charge in [0.15, 0.2) is 11.5 Å². The molecule has 0 unspecified atom stereocenters. The summed E-state index contributed by atoms with van der Waals surface area (Å²) in [5, 5.41) is 4.49. The first-order valence-corrected chi connectivity index (χ1v) is 8.19. The maximum atomic E-state index is 12.4. The van der Waals surface area contributed by atoms with Crippen LogP contribution in [-0.2, 0) is 0 Å². The molecule has 3 aliphatic rings. The molecule has 2 aliphatic carbocycles. The van der Waals surface area contributed by atoms with Crippen LogP contribution < -0.4 is 14.9 Å². The van der Waals surface area contributed by atoms with E-state index in [9.17, 15) is 4.79 Å². The maximum Gasteiger partial charge on any atom is 0.271 e. The summed E-state index contributed by atoms with van der Waals surface area (Å²) in [6, 6.07) is 5.19. The standard InChI is InChI=1S/C18H22N2O3/c1-17(2)12-6-7-18(17,3)15(9-12)19-20-16(21)11-4-5-13-14(8-11)23-10-22-13/h4-5,8,12H,6-7,9-10H2,1-3H3,(H,20,21)/b19-15+/t12-,18+/m0/s1. The lowest BCUT2D eigenvalue weighted by molar-refractivity contribution is 0.0953. The Hall–Kier alpha value is -2.04. The number of hydrazone groups is 1. The van der Waals surface area contributed by atoms with Crippen LogP contribution in [0.1, 0.15) is 50.4 Å². The lowest BCUT2D eigenvalue weighted by Crippen LogP contribution is -2.34. The highest BCUT2D eigenvalue weighted by Crippen LogP contribution is 2.63. The van der Waals surface area contributed by atoms with Crippen LogP contribution in [0.3, 0.4) is 0 Å². The van der Waals surface area contributed by atoms with Gasteiger partial charge in [-0.2, -0.15) is 5.10 Å². The Morgan fingerprint density at radius 1 is 1.26 bits per heavy atom. The van der Waals surface area contributed by atoms with E-state index in [1.165, 1.54) is 6.42 Å². The summed E-state index contributed by atoms with van der Waals surface area (Å²) in [5.41, 5.74) is 4.75. The van der Waals surface area contributed by atoms with Crippen LogP contribution in [0, 0.1) is 16.7 Å². The fraction of sp³-hybridized carbons (Fsp3) is 0.556. The van der Waals surface area contributed by atoms with E-state index in [1.807, 2.05) is 0 Å². The largest absolute Gasteiger partial charge is 0.454 e. The fourth-order valence-electron chi connectivity index (χ4n) is 4.32. The zero-order chi connectivity index (χ0) is 16.2. The van der Waals surface area contributed by atoms with Crippen molar-refractivity contribution in [1.29, 1.82) is 0 Å². The predicted molar refractivity (Wildman–Crippen MR) is 86.7 cm³/mol. The first-order valence-electron chi connectivity index (χ1n) is 8.19. The molecule has 1 aromatic carbocycles. The Labute approximate surface area is 136 Å². The van der Waals surface area contributed by atoms with Crippen molar-refractivity contribution in [3.63, 3.8) is 0 Å². The molecule has 1 amide bonds. The highest BCUT2D eigenvalue weighted by molar-refractivity contribution is 5.98. The molecule has 1 N–H and O–H groups in total. The van der Waals surface area contributed by atoms with Crippen molar-refractivity contribution in [3.8, 4) is 11.5 Å². The lowest BCUT2D eigenvalue weighted by Gasteiger charge is -2.34. The number of fused-ring (bicyclic) bond motifs is 3. The SMILES string of the molecule is CC1(C)[C@H]2CC[C@]1(C)/C(=N/NC(=O)c1ccc3c(c1)OCO3)C2. The van der Waals surface area contributed by atoms with Crippen LogP contribution in [0.25, 0.3) is 0 Å². The Bertz CT molecular complexity index is 710. The van der Waals surface area contributed by atoms with Gasteiger partial charge in [-0.15, -0.1) is 0 Å². The Kier molecular flexibility index (Phi) is 2.99. The third kappa shape index (κ3) is 1.98. The van der Waals surface area contributed by atoms with Gasteiger partial charge in [0.05, 0.1) is 0 Å². The van der Waals surface area contributed by atoms with Gasteiger partial charge in [0.25, 0.3) is 5.91 Å². The van der Waals surface area contributed by atoms with Crippen LogP contribution in [0.15, 0.2) is 23.3 Å². The van der Waals surface area contributed by atoms with Crippen molar-refractivity contribution in [1.82, 2.24) is 5.43 Å². The van der Waals surface area contributed by atoms with E-state index in [-0.39, 0.29) is 23.5 Å². The van der Waals surface area contributed by atoms with Crippen molar-refractivity contribution < 1.29 is 14.3 Å². The summed E-state index contributed by atoms with van der Waals surface area (Å²) in [6.45, 7) is 7.14. The minimum absolute atomic E-state index is 0.0971. The molecule has 5 heteroatoms. The normalized spacial score (nSPS) is 31.6. The van der Waals surface area contributed by atoms with E-state index in [4.69, 9.17) is 9.47 Å². The highest BCUT2D eigenvalue weighted by atomic mass is 16.7. The molecule has 4 rings (SSSR count). The number of carbonyl (C=O) groups excluding carboxylic acids is 1. The average Bonchev–Trinajstić information content (AvgIpc) is 3.13. The van der Waals surface area contributed by atoms with Crippen LogP contribution in [0.4, 0.5) is 0 Å². The molecule has 0 aromatic heterocycles. The van der Waals surface area contributed by atoms with Crippen LogP contribution in [0.2, 0.25) is 0 Å². The third-order valence-corrected chi connectivity index (χ3v) is 6.44. The van der Waals surface area contributed by atoms with Gasteiger partial charge in [-0.05, 0) is 48.8 Å². The number of amides is 1. The molecule has 2 saturated carbocycles. The molecule has 2 atom stereocenters. The topological polar surface area (TPSA) is 59.9 Å². The molecule has 0 radical (unpaired) electrons. The fourth-order valence-corrected chi connectivity index (χ4v) is 4.32. The van der Waals surface area contributed by atoms with Gasteiger partial charge in [0.2, 0.25) is 6.79 Å². The van der Waals surface area contributed by atoms with Crippen molar-refractivity contribution >= 4 is 11.6 Å². The molecular formula is C18H22N2O3. The van der Waals surface area contributed by atoms with E-state index in [1.54, 1.807) is 18.2 Å². The number of nitrogens with one attached hydrogen (secondary N) is 1. The Balaban J connectivity index is 1.52. The van der Waals surface area contributed by atoms with E-state index in [0.717, 1.165) is 18.6 Å². The van der Waals surface area contributed by atoms with Gasteiger partial charge in [0, 0.05) is 16.7 Å². The van der Waals surface area contributed by atoms with Gasteiger partial charge in [-0.25, -0.2) is 5.43 Å². The van der Waals surface area contributed by atoms with Crippen molar-refractivity contribution in [2.45, 2.75) is 40.0 Å². The molecule has 2 bridgehead atoms. The zero-order valence-electron chi connectivity index (χ0n) is 13.8. The summed E-state index contributed by atoms with van der Waals surface area (Å²) >= 11 is 0. The maximum absolute atomic E-state index is 12.4. The summed E-state index contributed by atoms with van der Waals surface area (Å²) in [7, 11) is 0. The number of nitrogens with zero attached hydrogens (tertiary/aromatic N) is 1. The number of ether oxygens (including phenoxy) is 2. The summed E-state index contributed by atoms with van der Waals surface area (Å²) in [5.74, 6) is 1.75. The molecule has 1 aromatic rings. The second kappa shape index (κ2) is 4.73. The van der Waals surface area contributed by atoms with Crippen LogP contribution >= 0.6 is 0 Å². The second-order valence-corrected chi connectivity index (χ2v) is 7.56. The summed E-state index contributed by atoms with van der Waals surface area (Å²) in [4.78, 5) is 12.4. The number of hydrogen-bond donors (Lipinski definition) is 1. The van der Waals surface area contributed by atoms with Crippen molar-refractivity contribution in [2.75, 3.05) is 6.79 Å². The number of rotatable bonds is 2. The van der Waals surface area contributed by atoms with E-state index in [2.05, 4.69) is 31.3 Å². The quantitative estimate of drug-likeness (QED) is 0.852. The zero-order valence-corrected chi connectivity index (χ0v) is 13.8. The second-order valence-electron chi connectivity index (χ2n) is 7.56. The summed E-state index contributed by atoms with van der Waals surface area (Å²) < 4.78 is 10.6. The molecule has 5 nitrogen and oxygen atoms in total. The third-order valence-electron chi connectivity index (χ3n) is 6.44. The van der Waals surface area contributed by atoms with Gasteiger partial charge >= 0.3 is 0 Å². The Morgan fingerprint density at radius 3 is 2.74 bits per heavy atom. The van der Waals surface area contributed by atoms with Crippen LogP contribution in [0.5, 0.6) is 11.5 Å². The highest BCUT2D eigenvalue weighted by Gasteiger charge is 2.60. The smallest absolute Gasteiger partial charge is 0.271 e. The number of carbonyl (C=O) groups is 1. The molecule has 23 heavy (non-hydrogen) atoms. The summed E-state index contributed by atoms with van der Waals surface area (Å²) in [6.07, 6.45) is 3.41. The lowest BCUT2D eigenvalue weighted by atomic mass is 9.70. The van der Waals surface area contributed by atoms with Gasteiger partial charge in [-0.3, -0.25) is 4.79 Å². The molecule has 1 aliphatic heterocycles. The molecule has 122 valence electrons. The first kappa shape index (κ1) is 14.5. The number of hydrogen-bond acceptors (Lipinski definition) is 4. The minimum atomic E-state index is -0.208. The average molecular weight is 314 g/mol. The van der Waals surface area contributed by atoms with E-state index in [0.29, 0.717) is 23.0 Å². The monoisotopic (exact) mass is 314 g/mol. The van der Waals surface area contributed by atoms with Gasteiger partial charge in [0.1, 0.15) is 0 Å². The molecular weight excluding hydrogens is 292 g/mol. The number of benzene rings is 1. The predicted octanol–water partition coefficient (Wildman–Crippen LogP) is 3.35. The van der Waals surface area contributed by atoms with Crippen molar-refractivity contribution in [2.24, 2.45) is 21.8 Å².